The molecule has 0 saturated carbocycles. The monoisotopic (exact) mass is 454 g/mol. The fourth-order valence-electron chi connectivity index (χ4n) is 5.28. The molecule has 3 heterocycles. The number of likely N-dealkylation sites (tertiary alicyclic amines) is 1. The molecule has 0 aliphatic carbocycles. The van der Waals surface area contributed by atoms with Crippen molar-refractivity contribution in [1.29, 1.82) is 0 Å². The number of aryl methyl sites for hydroxylation is 1. The summed E-state index contributed by atoms with van der Waals surface area (Å²) >= 11 is 1.92. The van der Waals surface area contributed by atoms with E-state index in [0.717, 1.165) is 53.7 Å². The Kier molecular flexibility index (Phi) is 6.19. The Balaban J connectivity index is 1.13. The number of aliphatic hydroxyl groups is 1. The number of hydrogen-bond acceptors (Lipinski definition) is 4. The second-order valence-corrected chi connectivity index (χ2v) is 10.7. The van der Waals surface area contributed by atoms with Gasteiger partial charge < -0.3 is 14.8 Å². The molecule has 6 heteroatoms. The molecule has 0 spiro atoms. The van der Waals surface area contributed by atoms with Crippen LogP contribution in [0.15, 0.2) is 47.4 Å². The van der Waals surface area contributed by atoms with E-state index in [-0.39, 0.29) is 12.4 Å². The number of nitrogens with zero attached hydrogens (tertiary/aromatic N) is 1. The Labute approximate surface area is 193 Å². The molecule has 2 N–H and O–H groups in total. The highest BCUT2D eigenvalue weighted by atomic mass is 32.2. The molecule has 170 valence electrons. The number of nitrogens with one attached hydrogen (secondary N) is 1. The minimum Gasteiger partial charge on any atom is -0.490 e. The van der Waals surface area contributed by atoms with Gasteiger partial charge in [-0.15, -0.1) is 11.8 Å². The highest BCUT2D eigenvalue weighted by Crippen LogP contribution is 2.44. The smallest absolute Gasteiger partial charge is 0.128 e. The zero-order chi connectivity index (χ0) is 22.2. The van der Waals surface area contributed by atoms with Crippen molar-refractivity contribution < 1.29 is 14.2 Å². The van der Waals surface area contributed by atoms with Gasteiger partial charge in [0.2, 0.25) is 0 Å². The molecule has 1 unspecified atom stereocenters. The lowest BCUT2D eigenvalue weighted by molar-refractivity contribution is 0.0337. The number of benzene rings is 2. The molecule has 2 aromatic carbocycles. The Morgan fingerprint density at radius 1 is 1.28 bits per heavy atom. The highest BCUT2D eigenvalue weighted by Gasteiger charge is 2.35. The molecule has 2 aliphatic heterocycles. The van der Waals surface area contributed by atoms with Gasteiger partial charge in [-0.05, 0) is 87.5 Å². The third kappa shape index (κ3) is 4.54. The summed E-state index contributed by atoms with van der Waals surface area (Å²) in [5.74, 6) is 1.31. The molecule has 1 saturated heterocycles. The van der Waals surface area contributed by atoms with E-state index in [9.17, 15) is 9.50 Å². The fourth-order valence-corrected chi connectivity index (χ4v) is 6.74. The zero-order valence-corrected chi connectivity index (χ0v) is 19.5. The summed E-state index contributed by atoms with van der Waals surface area (Å²) in [4.78, 5) is 6.95. The third-order valence-corrected chi connectivity index (χ3v) is 8.44. The zero-order valence-electron chi connectivity index (χ0n) is 18.7. The molecule has 0 amide bonds. The summed E-state index contributed by atoms with van der Waals surface area (Å²) in [6.45, 7) is 6.19. The molecular formula is C26H31FN2O2S. The van der Waals surface area contributed by atoms with Gasteiger partial charge in [-0.2, -0.15) is 0 Å². The number of β-amino-alcohol motifs (C(OH)–C–C–N with tert-alkyl or cyclic N) is 1. The van der Waals surface area contributed by atoms with Crippen molar-refractivity contribution >= 4 is 22.7 Å². The second kappa shape index (κ2) is 9.08. The number of piperidine rings is 1. The molecule has 1 aromatic heterocycles. The topological polar surface area (TPSA) is 48.5 Å². The number of aliphatic hydroxyl groups excluding tert-OH is 1. The van der Waals surface area contributed by atoms with Crippen LogP contribution in [0.25, 0.3) is 10.9 Å². The molecule has 4 nitrogen and oxygen atoms in total. The summed E-state index contributed by atoms with van der Waals surface area (Å²) in [6, 6.07) is 13.7. The summed E-state index contributed by atoms with van der Waals surface area (Å²) < 4.78 is 19.6. The van der Waals surface area contributed by atoms with Gasteiger partial charge in [0, 0.05) is 39.3 Å². The van der Waals surface area contributed by atoms with Gasteiger partial charge in [0.05, 0.1) is 0 Å². The lowest BCUT2D eigenvalue weighted by Gasteiger charge is -2.40. The van der Waals surface area contributed by atoms with Gasteiger partial charge >= 0.3 is 0 Å². The fraction of sp³-hybridized carbons (Fsp3) is 0.462. The summed E-state index contributed by atoms with van der Waals surface area (Å²) in [5.41, 5.74) is 3.32. The molecule has 0 bridgehead atoms. The first-order valence-electron chi connectivity index (χ1n) is 11.5. The van der Waals surface area contributed by atoms with Crippen LogP contribution in [0.3, 0.4) is 0 Å². The van der Waals surface area contributed by atoms with Crippen LogP contribution >= 0.6 is 11.8 Å². The Hall–Kier alpha value is -2.02. The molecule has 3 aromatic rings. The van der Waals surface area contributed by atoms with Gasteiger partial charge in [-0.1, -0.05) is 6.07 Å². The number of aromatic amines is 1. The van der Waals surface area contributed by atoms with Crippen molar-refractivity contribution in [2.45, 2.75) is 55.4 Å². The standard InChI is InChI=1S/C26H31FN2O2S/c1-16-10-22-23(28-16)4-3-5-24(22)31-15-21(30)14-29-9-8-18(11-17(29)2)26-13-19-12-20(27)6-7-25(19)32-26/h3-7,10,12,17-18,21,26,28,30H,8-9,11,13-15H2,1-2H3/t17-,18+,21-,26?/m0/s1. The number of fused-ring (bicyclic) bond motifs is 2. The molecule has 0 radical (unpaired) electrons. The van der Waals surface area contributed by atoms with E-state index >= 15 is 0 Å². The minimum absolute atomic E-state index is 0.132. The van der Waals surface area contributed by atoms with Crippen LogP contribution in [0.2, 0.25) is 0 Å². The summed E-state index contributed by atoms with van der Waals surface area (Å²) in [6.07, 6.45) is 2.67. The minimum atomic E-state index is -0.530. The van der Waals surface area contributed by atoms with Crippen LogP contribution in [0, 0.1) is 18.7 Å². The Morgan fingerprint density at radius 3 is 3.00 bits per heavy atom. The van der Waals surface area contributed by atoms with E-state index in [1.165, 1.54) is 4.90 Å². The van der Waals surface area contributed by atoms with Crippen molar-refractivity contribution in [2.24, 2.45) is 5.92 Å². The Morgan fingerprint density at radius 2 is 2.16 bits per heavy atom. The highest BCUT2D eigenvalue weighted by molar-refractivity contribution is 8.00. The van der Waals surface area contributed by atoms with E-state index in [4.69, 9.17) is 4.74 Å². The maximum atomic E-state index is 13.6. The number of halogens is 1. The number of thioether (sulfide) groups is 1. The summed E-state index contributed by atoms with van der Waals surface area (Å²) in [7, 11) is 0. The van der Waals surface area contributed by atoms with Gasteiger partial charge in [0.25, 0.3) is 0 Å². The van der Waals surface area contributed by atoms with Crippen molar-refractivity contribution in [3.63, 3.8) is 0 Å². The number of aromatic nitrogens is 1. The molecule has 32 heavy (non-hydrogen) atoms. The first-order valence-corrected chi connectivity index (χ1v) is 12.4. The van der Waals surface area contributed by atoms with Gasteiger partial charge in [0.15, 0.2) is 0 Å². The van der Waals surface area contributed by atoms with Gasteiger partial charge in [-0.25, -0.2) is 4.39 Å². The van der Waals surface area contributed by atoms with Crippen molar-refractivity contribution in [2.75, 3.05) is 19.7 Å². The quantitative estimate of drug-likeness (QED) is 0.539. The molecule has 2 aliphatic rings. The van der Waals surface area contributed by atoms with E-state index in [1.54, 1.807) is 12.1 Å². The van der Waals surface area contributed by atoms with Gasteiger partial charge in [0.1, 0.15) is 24.3 Å². The average molecular weight is 455 g/mol. The lowest BCUT2D eigenvalue weighted by Crippen LogP contribution is -2.47. The van der Waals surface area contributed by atoms with Crippen LogP contribution in [-0.2, 0) is 6.42 Å². The predicted molar refractivity (Wildman–Crippen MR) is 128 cm³/mol. The van der Waals surface area contributed by atoms with E-state index < -0.39 is 6.10 Å². The number of hydrogen-bond donors (Lipinski definition) is 2. The van der Waals surface area contributed by atoms with Crippen LogP contribution in [0.1, 0.15) is 31.0 Å². The third-order valence-electron chi connectivity index (χ3n) is 6.94. The van der Waals surface area contributed by atoms with Crippen molar-refractivity contribution in [3.05, 3.63) is 59.5 Å². The van der Waals surface area contributed by atoms with Crippen molar-refractivity contribution in [1.82, 2.24) is 9.88 Å². The normalized spacial score (nSPS) is 24.6. The van der Waals surface area contributed by atoms with Crippen LogP contribution in [0.4, 0.5) is 4.39 Å². The molecule has 4 atom stereocenters. The Bertz CT molecular complexity index is 1100. The van der Waals surface area contributed by atoms with Crippen LogP contribution in [0.5, 0.6) is 5.75 Å². The molecular weight excluding hydrogens is 423 g/mol. The SMILES string of the molecule is Cc1cc2c(OC[C@@H](O)CN3CC[C@@H](C4Cc5cc(F)ccc5S4)C[C@@H]3C)cccc2[nH]1. The van der Waals surface area contributed by atoms with E-state index in [2.05, 4.69) is 22.9 Å². The van der Waals surface area contributed by atoms with Crippen LogP contribution in [-0.4, -0.2) is 52.1 Å². The predicted octanol–water partition coefficient (Wildman–Crippen LogP) is 5.17. The van der Waals surface area contributed by atoms with Gasteiger partial charge in [-0.3, -0.25) is 4.90 Å². The second-order valence-electron chi connectivity index (χ2n) is 9.38. The van der Waals surface area contributed by atoms with E-state index in [1.807, 2.05) is 43.0 Å². The molecule has 1 fully saturated rings. The first-order chi connectivity index (χ1) is 15.5. The number of H-pyrrole nitrogens is 1. The average Bonchev–Trinajstić information content (AvgIpc) is 3.36. The number of rotatable bonds is 6. The lowest BCUT2D eigenvalue weighted by atomic mass is 9.86. The van der Waals surface area contributed by atoms with Crippen molar-refractivity contribution in [3.8, 4) is 5.75 Å². The summed E-state index contributed by atoms with van der Waals surface area (Å²) in [5, 5.41) is 12.3. The molecule has 5 rings (SSSR count). The van der Waals surface area contributed by atoms with Crippen LogP contribution < -0.4 is 4.74 Å². The largest absolute Gasteiger partial charge is 0.490 e. The number of ether oxygens (including phenoxy) is 1. The van der Waals surface area contributed by atoms with E-state index in [0.29, 0.717) is 23.8 Å². The first kappa shape index (κ1) is 21.8. The maximum absolute atomic E-state index is 13.6. The maximum Gasteiger partial charge on any atom is 0.128 e.